The Kier molecular flexibility index (Phi) is 4.73. The molecule has 1 heterocycles. The monoisotopic (exact) mass is 352 g/mol. The Balaban J connectivity index is 2.08. The first-order valence-electron chi connectivity index (χ1n) is 8.86. The van der Waals surface area contributed by atoms with E-state index in [9.17, 15) is 14.9 Å². The number of hydrogen-bond donors (Lipinski definition) is 0. The Labute approximate surface area is 152 Å². The SMILES string of the molecule is Cc1ccc([C@@H]2CCC[C@H]2N(C)c2c(C#N)c(=O)n(C)c(=O)n2C)cc1. The zero-order chi connectivity index (χ0) is 19.0. The third-order valence-corrected chi connectivity index (χ3v) is 5.56. The highest BCUT2D eigenvalue weighted by atomic mass is 16.2. The first kappa shape index (κ1) is 18.0. The zero-order valence-electron chi connectivity index (χ0n) is 15.7. The second-order valence-corrected chi connectivity index (χ2v) is 7.14. The average Bonchev–Trinajstić information content (AvgIpc) is 3.12. The van der Waals surface area contributed by atoms with Crippen LogP contribution in [0.5, 0.6) is 0 Å². The van der Waals surface area contributed by atoms with Crippen LogP contribution in [0.4, 0.5) is 5.82 Å². The van der Waals surface area contributed by atoms with E-state index in [-0.39, 0.29) is 11.6 Å². The molecule has 1 aromatic heterocycles. The summed E-state index contributed by atoms with van der Waals surface area (Å²) in [6.45, 7) is 2.07. The molecular formula is C20H24N4O2. The molecule has 2 aromatic rings. The molecule has 2 atom stereocenters. The highest BCUT2D eigenvalue weighted by Crippen LogP contribution is 2.39. The fourth-order valence-corrected chi connectivity index (χ4v) is 4.11. The predicted octanol–water partition coefficient (Wildman–Crippen LogP) is 2.04. The van der Waals surface area contributed by atoms with Crippen molar-refractivity contribution in [2.45, 2.75) is 38.1 Å². The number of benzene rings is 1. The van der Waals surface area contributed by atoms with Crippen LogP contribution in [0.25, 0.3) is 0 Å². The summed E-state index contributed by atoms with van der Waals surface area (Å²) in [5.74, 6) is 0.718. The van der Waals surface area contributed by atoms with Gasteiger partial charge in [-0.3, -0.25) is 13.9 Å². The van der Waals surface area contributed by atoms with Gasteiger partial charge in [0.05, 0.1) is 0 Å². The fourth-order valence-electron chi connectivity index (χ4n) is 4.11. The van der Waals surface area contributed by atoms with E-state index in [0.29, 0.717) is 11.7 Å². The number of hydrogen-bond acceptors (Lipinski definition) is 4. The Hall–Kier alpha value is -2.81. The number of nitriles is 1. The Morgan fingerprint density at radius 2 is 1.77 bits per heavy atom. The lowest BCUT2D eigenvalue weighted by Gasteiger charge is -2.33. The second-order valence-electron chi connectivity index (χ2n) is 7.14. The van der Waals surface area contributed by atoms with Gasteiger partial charge in [-0.25, -0.2) is 4.79 Å². The maximum absolute atomic E-state index is 12.4. The molecule has 0 radical (unpaired) electrons. The molecule has 0 unspecified atom stereocenters. The Morgan fingerprint density at radius 3 is 2.38 bits per heavy atom. The summed E-state index contributed by atoms with van der Waals surface area (Å²) in [6.07, 6.45) is 3.09. The van der Waals surface area contributed by atoms with Crippen LogP contribution in [-0.2, 0) is 14.1 Å². The second kappa shape index (κ2) is 6.83. The molecule has 1 aromatic carbocycles. The van der Waals surface area contributed by atoms with Crippen molar-refractivity contribution in [2.24, 2.45) is 14.1 Å². The van der Waals surface area contributed by atoms with Crippen LogP contribution in [0.1, 0.15) is 41.9 Å². The zero-order valence-corrected chi connectivity index (χ0v) is 15.7. The van der Waals surface area contributed by atoms with Crippen molar-refractivity contribution in [1.82, 2.24) is 9.13 Å². The molecule has 6 nitrogen and oxygen atoms in total. The lowest BCUT2D eigenvalue weighted by molar-refractivity contribution is 0.556. The van der Waals surface area contributed by atoms with E-state index in [0.717, 1.165) is 23.8 Å². The lowest BCUT2D eigenvalue weighted by atomic mass is 9.92. The van der Waals surface area contributed by atoms with E-state index in [1.54, 1.807) is 7.05 Å². The molecule has 0 spiro atoms. The minimum Gasteiger partial charge on any atom is -0.356 e. The first-order chi connectivity index (χ1) is 12.4. The van der Waals surface area contributed by atoms with Crippen LogP contribution in [0, 0.1) is 18.3 Å². The summed E-state index contributed by atoms with van der Waals surface area (Å²) in [5, 5.41) is 9.54. The molecule has 1 aliphatic carbocycles. The van der Waals surface area contributed by atoms with Crippen LogP contribution in [0.2, 0.25) is 0 Å². The molecule has 136 valence electrons. The highest BCUT2D eigenvalue weighted by Gasteiger charge is 2.34. The lowest BCUT2D eigenvalue weighted by Crippen LogP contribution is -2.44. The molecule has 1 saturated carbocycles. The van der Waals surface area contributed by atoms with Crippen LogP contribution in [0.3, 0.4) is 0 Å². The van der Waals surface area contributed by atoms with E-state index < -0.39 is 11.2 Å². The van der Waals surface area contributed by atoms with E-state index in [1.807, 2.05) is 18.0 Å². The molecule has 0 N–H and O–H groups in total. The van der Waals surface area contributed by atoms with E-state index in [2.05, 4.69) is 31.2 Å². The van der Waals surface area contributed by atoms with E-state index in [4.69, 9.17) is 0 Å². The van der Waals surface area contributed by atoms with Gasteiger partial charge in [0.25, 0.3) is 5.56 Å². The maximum Gasteiger partial charge on any atom is 0.332 e. The van der Waals surface area contributed by atoms with Gasteiger partial charge in [0.1, 0.15) is 11.9 Å². The average molecular weight is 352 g/mol. The molecule has 26 heavy (non-hydrogen) atoms. The van der Waals surface area contributed by atoms with Crippen LogP contribution in [-0.4, -0.2) is 22.2 Å². The molecule has 6 heteroatoms. The van der Waals surface area contributed by atoms with Gasteiger partial charge in [0.2, 0.25) is 0 Å². The summed E-state index contributed by atoms with van der Waals surface area (Å²) in [7, 11) is 4.90. The molecule has 3 rings (SSSR count). The molecule has 0 bridgehead atoms. The Bertz CT molecular complexity index is 979. The van der Waals surface area contributed by atoms with Crippen molar-refractivity contribution in [3.8, 4) is 6.07 Å². The summed E-state index contributed by atoms with van der Waals surface area (Å²) in [4.78, 5) is 26.7. The summed E-state index contributed by atoms with van der Waals surface area (Å²) in [6, 6.07) is 10.7. The largest absolute Gasteiger partial charge is 0.356 e. The third-order valence-electron chi connectivity index (χ3n) is 5.56. The van der Waals surface area contributed by atoms with Crippen LogP contribution < -0.4 is 16.1 Å². The highest BCUT2D eigenvalue weighted by molar-refractivity contribution is 5.54. The molecular weight excluding hydrogens is 328 g/mol. The van der Waals surface area contributed by atoms with Crippen molar-refractivity contribution >= 4 is 5.82 Å². The predicted molar refractivity (Wildman–Crippen MR) is 102 cm³/mol. The Morgan fingerprint density at radius 1 is 1.12 bits per heavy atom. The minimum atomic E-state index is -0.540. The first-order valence-corrected chi connectivity index (χ1v) is 8.86. The smallest absolute Gasteiger partial charge is 0.332 e. The van der Waals surface area contributed by atoms with Crippen molar-refractivity contribution < 1.29 is 0 Å². The number of aryl methyl sites for hydroxylation is 1. The van der Waals surface area contributed by atoms with Gasteiger partial charge in [-0.15, -0.1) is 0 Å². The summed E-state index contributed by atoms with van der Waals surface area (Å²) >= 11 is 0. The number of aromatic nitrogens is 2. The van der Waals surface area contributed by atoms with Crippen molar-refractivity contribution in [3.05, 3.63) is 61.8 Å². The van der Waals surface area contributed by atoms with Crippen molar-refractivity contribution in [1.29, 1.82) is 5.26 Å². The number of likely N-dealkylation sites (N-methyl/N-ethyl adjacent to an activating group) is 1. The molecule has 0 aliphatic heterocycles. The van der Waals surface area contributed by atoms with E-state index >= 15 is 0 Å². The quantitative estimate of drug-likeness (QED) is 0.847. The topological polar surface area (TPSA) is 71.0 Å². The van der Waals surface area contributed by atoms with Gasteiger partial charge in [-0.2, -0.15) is 5.26 Å². The van der Waals surface area contributed by atoms with Gasteiger partial charge >= 0.3 is 5.69 Å². The minimum absolute atomic E-state index is 0.0201. The van der Waals surface area contributed by atoms with Gasteiger partial charge in [0.15, 0.2) is 5.56 Å². The van der Waals surface area contributed by atoms with Crippen LogP contribution in [0.15, 0.2) is 33.9 Å². The van der Waals surface area contributed by atoms with Crippen molar-refractivity contribution in [3.63, 3.8) is 0 Å². The standard InChI is InChI=1S/C20H24N4O2/c1-13-8-10-14(11-9-13)15-6-5-7-17(15)22(2)18-16(12-21)19(25)24(4)20(26)23(18)3/h8-11,15,17H,5-7H2,1-4H3/t15-,17+/m0/s1. The summed E-state index contributed by atoms with van der Waals surface area (Å²) < 4.78 is 2.40. The number of nitrogens with zero attached hydrogens (tertiary/aromatic N) is 4. The molecule has 1 aliphatic rings. The van der Waals surface area contributed by atoms with Crippen LogP contribution >= 0.6 is 0 Å². The fraction of sp³-hybridized carbons (Fsp3) is 0.450. The van der Waals surface area contributed by atoms with Gasteiger partial charge in [-0.1, -0.05) is 36.2 Å². The maximum atomic E-state index is 12.4. The molecule has 1 fully saturated rings. The van der Waals surface area contributed by atoms with Gasteiger partial charge in [-0.05, 0) is 25.3 Å². The van der Waals surface area contributed by atoms with Gasteiger partial charge in [0, 0.05) is 33.1 Å². The normalized spacial score (nSPS) is 19.3. The van der Waals surface area contributed by atoms with Crippen molar-refractivity contribution in [2.75, 3.05) is 11.9 Å². The molecule has 0 amide bonds. The third kappa shape index (κ3) is 2.84. The molecule has 0 saturated heterocycles. The number of rotatable bonds is 3. The van der Waals surface area contributed by atoms with Gasteiger partial charge < -0.3 is 4.90 Å². The summed E-state index contributed by atoms with van der Waals surface area (Å²) in [5.41, 5.74) is 1.55. The number of anilines is 1. The van der Waals surface area contributed by atoms with E-state index in [1.165, 1.54) is 22.7 Å².